The highest BCUT2D eigenvalue weighted by Crippen LogP contribution is 2.26. The summed E-state index contributed by atoms with van der Waals surface area (Å²) in [4.78, 5) is 13.0. The summed E-state index contributed by atoms with van der Waals surface area (Å²) in [5, 5.41) is 2.98. The second kappa shape index (κ2) is 8.16. The van der Waals surface area contributed by atoms with Crippen LogP contribution in [-0.4, -0.2) is 18.2 Å². The Morgan fingerprint density at radius 2 is 2.11 bits per heavy atom. The third-order valence-corrected chi connectivity index (χ3v) is 3.80. The van der Waals surface area contributed by atoms with Crippen LogP contribution in [0.5, 0.6) is 0 Å². The number of carbonyl (C=O) groups is 1. The molecule has 0 aliphatic heterocycles. The number of anilines is 1. The number of nitrogens with two attached hydrogens (primary N) is 1. The van der Waals surface area contributed by atoms with Gasteiger partial charge in [-0.25, -0.2) is 0 Å². The summed E-state index contributed by atoms with van der Waals surface area (Å²) in [5.74, 6) is 1.32. The zero-order valence-electron chi connectivity index (χ0n) is 11.1. The third-order valence-electron chi connectivity index (χ3n) is 2.85. The van der Waals surface area contributed by atoms with E-state index in [9.17, 15) is 4.79 Å². The molecule has 0 spiro atoms. The molecule has 1 rings (SSSR count). The van der Waals surface area contributed by atoms with Crippen LogP contribution < -0.4 is 11.1 Å². The highest BCUT2D eigenvalue weighted by atomic mass is 32.2. The van der Waals surface area contributed by atoms with Gasteiger partial charge in [0.25, 0.3) is 0 Å². The van der Waals surface area contributed by atoms with Gasteiger partial charge in [-0.2, -0.15) is 0 Å². The van der Waals surface area contributed by atoms with E-state index >= 15 is 0 Å². The van der Waals surface area contributed by atoms with E-state index < -0.39 is 0 Å². The van der Waals surface area contributed by atoms with Gasteiger partial charge in [-0.05, 0) is 30.3 Å². The Bertz CT molecular complexity index is 378. The third kappa shape index (κ3) is 4.70. The second-order valence-electron chi connectivity index (χ2n) is 4.19. The minimum Gasteiger partial charge on any atom is -0.330 e. The first-order chi connectivity index (χ1) is 8.71. The van der Waals surface area contributed by atoms with E-state index in [0.29, 0.717) is 13.0 Å². The number of hydrogen-bond donors (Lipinski definition) is 2. The molecule has 0 fully saturated rings. The maximum Gasteiger partial charge on any atom is 0.224 e. The molecule has 0 bridgehead atoms. The first kappa shape index (κ1) is 15.1. The summed E-state index contributed by atoms with van der Waals surface area (Å²) in [5.41, 5.74) is 6.52. The maximum atomic E-state index is 11.9. The summed E-state index contributed by atoms with van der Waals surface area (Å²) < 4.78 is 0. The van der Waals surface area contributed by atoms with Crippen molar-refractivity contribution in [3.63, 3.8) is 0 Å². The average Bonchev–Trinajstić information content (AvgIpc) is 2.38. The molecule has 3 nitrogen and oxygen atoms in total. The van der Waals surface area contributed by atoms with E-state index in [4.69, 9.17) is 5.73 Å². The van der Waals surface area contributed by atoms with E-state index in [1.165, 1.54) is 0 Å². The first-order valence-corrected chi connectivity index (χ1v) is 7.41. The topological polar surface area (TPSA) is 55.1 Å². The van der Waals surface area contributed by atoms with Crippen molar-refractivity contribution in [1.29, 1.82) is 0 Å². The van der Waals surface area contributed by atoms with Crippen LogP contribution in [0.1, 0.15) is 26.7 Å². The van der Waals surface area contributed by atoms with Crippen molar-refractivity contribution in [3.05, 3.63) is 24.3 Å². The highest BCUT2D eigenvalue weighted by molar-refractivity contribution is 7.99. The van der Waals surface area contributed by atoms with E-state index in [1.54, 1.807) is 11.8 Å². The van der Waals surface area contributed by atoms with E-state index in [0.717, 1.165) is 22.8 Å². The minimum absolute atomic E-state index is 0.0523. The van der Waals surface area contributed by atoms with Gasteiger partial charge in [0.1, 0.15) is 0 Å². The fraction of sp³-hybridized carbons (Fsp3) is 0.500. The van der Waals surface area contributed by atoms with Gasteiger partial charge in [-0.3, -0.25) is 4.79 Å². The molecule has 0 saturated heterocycles. The van der Waals surface area contributed by atoms with Gasteiger partial charge in [0.2, 0.25) is 5.91 Å². The molecular formula is C14H22N2OS. The standard InChI is InChI=1S/C14H22N2OS/c1-3-11(10-15)9-14(17)16-12-7-5-6-8-13(12)18-4-2/h5-8,11H,3-4,9-10,15H2,1-2H3,(H,16,17). The molecule has 4 heteroatoms. The summed E-state index contributed by atoms with van der Waals surface area (Å²) >= 11 is 1.73. The van der Waals surface area contributed by atoms with Crippen LogP contribution in [-0.2, 0) is 4.79 Å². The average molecular weight is 266 g/mol. The molecule has 3 N–H and O–H groups in total. The van der Waals surface area contributed by atoms with Crippen LogP contribution in [0.25, 0.3) is 0 Å². The van der Waals surface area contributed by atoms with Crippen molar-refractivity contribution in [2.75, 3.05) is 17.6 Å². The molecule has 0 heterocycles. The van der Waals surface area contributed by atoms with Crippen LogP contribution >= 0.6 is 11.8 Å². The monoisotopic (exact) mass is 266 g/mol. The predicted octanol–water partition coefficient (Wildman–Crippen LogP) is 3.11. The van der Waals surface area contributed by atoms with E-state index in [-0.39, 0.29) is 11.8 Å². The van der Waals surface area contributed by atoms with Crippen LogP contribution in [0.2, 0.25) is 0 Å². The normalized spacial score (nSPS) is 12.2. The summed E-state index contributed by atoms with van der Waals surface area (Å²) in [6.45, 7) is 4.73. The molecule has 100 valence electrons. The van der Waals surface area contributed by atoms with Gasteiger partial charge in [-0.15, -0.1) is 11.8 Å². The Labute approximate surface area is 114 Å². The summed E-state index contributed by atoms with van der Waals surface area (Å²) in [6, 6.07) is 7.90. The van der Waals surface area contributed by atoms with Crippen molar-refractivity contribution >= 4 is 23.4 Å². The number of carbonyl (C=O) groups excluding carboxylic acids is 1. The molecular weight excluding hydrogens is 244 g/mol. The van der Waals surface area contributed by atoms with Gasteiger partial charge < -0.3 is 11.1 Å². The number of rotatable bonds is 7. The zero-order chi connectivity index (χ0) is 13.4. The van der Waals surface area contributed by atoms with Crippen LogP contribution in [0.4, 0.5) is 5.69 Å². The quantitative estimate of drug-likeness (QED) is 0.746. The van der Waals surface area contributed by atoms with Crippen molar-refractivity contribution in [1.82, 2.24) is 0 Å². The summed E-state index contributed by atoms with van der Waals surface area (Å²) in [6.07, 6.45) is 1.44. The number of benzene rings is 1. The van der Waals surface area contributed by atoms with Crippen molar-refractivity contribution in [3.8, 4) is 0 Å². The highest BCUT2D eigenvalue weighted by Gasteiger charge is 2.12. The second-order valence-corrected chi connectivity index (χ2v) is 5.50. The van der Waals surface area contributed by atoms with Crippen LogP contribution in [0.15, 0.2) is 29.2 Å². The van der Waals surface area contributed by atoms with E-state index in [1.807, 2.05) is 24.3 Å². The molecule has 1 unspecified atom stereocenters. The van der Waals surface area contributed by atoms with Crippen LogP contribution in [0.3, 0.4) is 0 Å². The Balaban J connectivity index is 2.63. The number of para-hydroxylation sites is 1. The predicted molar refractivity (Wildman–Crippen MR) is 78.9 cm³/mol. The number of thioether (sulfide) groups is 1. The number of nitrogens with one attached hydrogen (secondary N) is 1. The molecule has 0 aliphatic carbocycles. The van der Waals surface area contributed by atoms with E-state index in [2.05, 4.69) is 19.2 Å². The Kier molecular flexibility index (Phi) is 6.83. The fourth-order valence-electron chi connectivity index (χ4n) is 1.71. The minimum atomic E-state index is 0.0523. The van der Waals surface area contributed by atoms with Crippen molar-refractivity contribution in [2.24, 2.45) is 11.7 Å². The molecule has 1 amide bonds. The lowest BCUT2D eigenvalue weighted by Crippen LogP contribution is -2.21. The van der Waals surface area contributed by atoms with Gasteiger partial charge in [-0.1, -0.05) is 32.4 Å². The fourth-order valence-corrected chi connectivity index (χ4v) is 2.47. The van der Waals surface area contributed by atoms with Crippen molar-refractivity contribution < 1.29 is 4.79 Å². The van der Waals surface area contributed by atoms with Crippen molar-refractivity contribution in [2.45, 2.75) is 31.6 Å². The van der Waals surface area contributed by atoms with Crippen LogP contribution in [0, 0.1) is 5.92 Å². The van der Waals surface area contributed by atoms with Gasteiger partial charge in [0.15, 0.2) is 0 Å². The van der Waals surface area contributed by atoms with Gasteiger partial charge in [0, 0.05) is 11.3 Å². The maximum absolute atomic E-state index is 11.9. The lowest BCUT2D eigenvalue weighted by Gasteiger charge is -2.13. The number of amides is 1. The van der Waals surface area contributed by atoms with Gasteiger partial charge >= 0.3 is 0 Å². The molecule has 0 aliphatic rings. The Morgan fingerprint density at radius 3 is 2.72 bits per heavy atom. The zero-order valence-corrected chi connectivity index (χ0v) is 11.9. The molecule has 18 heavy (non-hydrogen) atoms. The molecule has 0 radical (unpaired) electrons. The number of hydrogen-bond acceptors (Lipinski definition) is 3. The SMILES string of the molecule is CCSc1ccccc1NC(=O)CC(CC)CN. The first-order valence-electron chi connectivity index (χ1n) is 6.43. The Morgan fingerprint density at radius 1 is 1.39 bits per heavy atom. The summed E-state index contributed by atoms with van der Waals surface area (Å²) in [7, 11) is 0. The molecule has 0 aromatic heterocycles. The lowest BCUT2D eigenvalue weighted by molar-refractivity contribution is -0.117. The molecule has 1 aromatic carbocycles. The largest absolute Gasteiger partial charge is 0.330 e. The molecule has 0 saturated carbocycles. The molecule has 1 atom stereocenters. The lowest BCUT2D eigenvalue weighted by atomic mass is 10.0. The molecule has 1 aromatic rings. The smallest absolute Gasteiger partial charge is 0.224 e. The van der Waals surface area contributed by atoms with Gasteiger partial charge in [0.05, 0.1) is 5.69 Å². The Hall–Kier alpha value is -1.00.